The summed E-state index contributed by atoms with van der Waals surface area (Å²) in [6, 6.07) is 6.37. The minimum absolute atomic E-state index is 0.145. The Bertz CT molecular complexity index is 487. The zero-order valence-corrected chi connectivity index (χ0v) is 9.24. The summed E-state index contributed by atoms with van der Waals surface area (Å²) in [6.07, 6.45) is 3.47. The number of hydrogen-bond donors (Lipinski definition) is 0. The van der Waals surface area contributed by atoms with Crippen molar-refractivity contribution in [1.29, 1.82) is 0 Å². The van der Waals surface area contributed by atoms with Crippen LogP contribution in [0.25, 0.3) is 5.69 Å². The molecular weight excluding hydrogens is 208 g/mol. The van der Waals surface area contributed by atoms with E-state index in [0.717, 1.165) is 0 Å². The zero-order chi connectivity index (χ0) is 11.7. The van der Waals surface area contributed by atoms with Crippen LogP contribution in [-0.4, -0.2) is 4.57 Å². The highest BCUT2D eigenvalue weighted by molar-refractivity contribution is 5.40. The Morgan fingerprint density at radius 1 is 1.06 bits per heavy atom. The van der Waals surface area contributed by atoms with Crippen LogP contribution >= 0.6 is 0 Å². The van der Waals surface area contributed by atoms with Crippen LogP contribution in [0.3, 0.4) is 0 Å². The molecule has 0 N–H and O–H groups in total. The molecule has 2 rings (SSSR count). The van der Waals surface area contributed by atoms with Crippen molar-refractivity contribution >= 4 is 0 Å². The van der Waals surface area contributed by atoms with Gasteiger partial charge in [0.05, 0.1) is 5.69 Å². The second kappa shape index (κ2) is 4.08. The maximum Gasteiger partial charge on any atom is 0.153 e. The normalized spacial score (nSPS) is 11.1. The minimum Gasteiger partial charge on any atom is -0.321 e. The van der Waals surface area contributed by atoms with E-state index in [1.54, 1.807) is 42.9 Å². The van der Waals surface area contributed by atoms with Crippen LogP contribution in [0.15, 0.2) is 36.7 Å². The van der Waals surface area contributed by atoms with Gasteiger partial charge in [0, 0.05) is 18.0 Å². The molecule has 84 valence electrons. The van der Waals surface area contributed by atoms with Crippen LogP contribution in [0, 0.1) is 11.6 Å². The van der Waals surface area contributed by atoms with E-state index < -0.39 is 11.6 Å². The summed E-state index contributed by atoms with van der Waals surface area (Å²) < 4.78 is 29.2. The number of benzene rings is 1. The fourth-order valence-electron chi connectivity index (χ4n) is 1.78. The minimum atomic E-state index is -0.483. The van der Waals surface area contributed by atoms with Crippen molar-refractivity contribution in [2.24, 2.45) is 0 Å². The van der Waals surface area contributed by atoms with Gasteiger partial charge in [-0.05, 0) is 30.2 Å². The molecule has 1 nitrogen and oxygen atoms in total. The maximum atomic E-state index is 14.1. The fraction of sp³-hybridized carbons (Fsp3) is 0.231. The second-order valence-electron chi connectivity index (χ2n) is 4.04. The van der Waals surface area contributed by atoms with E-state index in [-0.39, 0.29) is 11.5 Å². The van der Waals surface area contributed by atoms with Crippen LogP contribution in [0.1, 0.15) is 25.3 Å². The van der Waals surface area contributed by atoms with Gasteiger partial charge in [-0.2, -0.15) is 0 Å². The molecule has 0 radical (unpaired) electrons. The summed E-state index contributed by atoms with van der Waals surface area (Å²) in [5.41, 5.74) is 0.529. The molecule has 3 heteroatoms. The van der Waals surface area contributed by atoms with Gasteiger partial charge in [0.2, 0.25) is 0 Å². The molecule has 0 spiro atoms. The van der Waals surface area contributed by atoms with Crippen molar-refractivity contribution in [2.75, 3.05) is 0 Å². The Balaban J connectivity index is 2.62. The van der Waals surface area contributed by atoms with Gasteiger partial charge in [0.1, 0.15) is 5.82 Å². The maximum absolute atomic E-state index is 14.1. The van der Waals surface area contributed by atoms with Gasteiger partial charge < -0.3 is 4.57 Å². The second-order valence-corrected chi connectivity index (χ2v) is 4.04. The fourth-order valence-corrected chi connectivity index (χ4v) is 1.78. The third-order valence-corrected chi connectivity index (χ3v) is 2.57. The van der Waals surface area contributed by atoms with Gasteiger partial charge in [0.15, 0.2) is 5.82 Å². The van der Waals surface area contributed by atoms with Gasteiger partial charge in [-0.15, -0.1) is 0 Å². The third kappa shape index (κ3) is 1.73. The third-order valence-electron chi connectivity index (χ3n) is 2.57. The van der Waals surface area contributed by atoms with Gasteiger partial charge in [-0.3, -0.25) is 0 Å². The summed E-state index contributed by atoms with van der Waals surface area (Å²) in [5, 5.41) is 0. The van der Waals surface area contributed by atoms with E-state index >= 15 is 0 Å². The molecule has 1 aromatic heterocycles. The molecule has 0 aliphatic rings. The lowest BCUT2D eigenvalue weighted by molar-refractivity contribution is 0.537. The molecule has 0 aliphatic carbocycles. The van der Waals surface area contributed by atoms with Crippen molar-refractivity contribution in [3.05, 3.63) is 53.9 Å². The van der Waals surface area contributed by atoms with Crippen LogP contribution in [0.2, 0.25) is 0 Å². The first kappa shape index (κ1) is 10.9. The van der Waals surface area contributed by atoms with Crippen LogP contribution in [0.5, 0.6) is 0 Å². The van der Waals surface area contributed by atoms with Gasteiger partial charge in [-0.25, -0.2) is 8.78 Å². The lowest BCUT2D eigenvalue weighted by atomic mass is 10.0. The summed E-state index contributed by atoms with van der Waals surface area (Å²) in [7, 11) is 0. The summed E-state index contributed by atoms with van der Waals surface area (Å²) in [6.45, 7) is 3.56. The molecule has 2 aromatic rings. The number of aromatic nitrogens is 1. The highest BCUT2D eigenvalue weighted by Gasteiger charge is 2.16. The molecular formula is C13H13F2N. The van der Waals surface area contributed by atoms with Crippen molar-refractivity contribution in [3.8, 4) is 5.69 Å². The first-order valence-electron chi connectivity index (χ1n) is 5.22. The molecule has 0 aliphatic heterocycles. The lowest BCUT2D eigenvalue weighted by Gasteiger charge is -2.12. The number of hydrogen-bond acceptors (Lipinski definition) is 0. The van der Waals surface area contributed by atoms with E-state index in [1.165, 1.54) is 12.1 Å². The molecule has 0 saturated carbocycles. The zero-order valence-electron chi connectivity index (χ0n) is 9.24. The van der Waals surface area contributed by atoms with Crippen molar-refractivity contribution < 1.29 is 8.78 Å². The average Bonchev–Trinajstić information content (AvgIpc) is 2.70. The molecule has 1 heterocycles. The van der Waals surface area contributed by atoms with Crippen LogP contribution in [-0.2, 0) is 0 Å². The van der Waals surface area contributed by atoms with Crippen molar-refractivity contribution in [2.45, 2.75) is 19.8 Å². The molecule has 0 unspecified atom stereocenters. The molecule has 16 heavy (non-hydrogen) atoms. The summed E-state index contributed by atoms with van der Waals surface area (Å²) >= 11 is 0. The van der Waals surface area contributed by atoms with Gasteiger partial charge in [-0.1, -0.05) is 13.8 Å². The SMILES string of the molecule is CC(C)c1c(F)ccc(-n2cccc2)c1F. The highest BCUT2D eigenvalue weighted by Crippen LogP contribution is 2.26. The summed E-state index contributed by atoms with van der Waals surface area (Å²) in [5.74, 6) is -1.13. The van der Waals surface area contributed by atoms with E-state index in [2.05, 4.69) is 0 Å². The summed E-state index contributed by atoms with van der Waals surface area (Å²) in [4.78, 5) is 0. The Kier molecular flexibility index (Phi) is 2.77. The van der Waals surface area contributed by atoms with Crippen LogP contribution < -0.4 is 0 Å². The van der Waals surface area contributed by atoms with E-state index in [0.29, 0.717) is 5.69 Å². The molecule has 0 saturated heterocycles. The van der Waals surface area contributed by atoms with Crippen molar-refractivity contribution in [1.82, 2.24) is 4.57 Å². The number of rotatable bonds is 2. The monoisotopic (exact) mass is 221 g/mol. The molecule has 0 bridgehead atoms. The predicted molar refractivity (Wildman–Crippen MR) is 59.8 cm³/mol. The first-order chi connectivity index (χ1) is 7.61. The van der Waals surface area contributed by atoms with E-state index in [9.17, 15) is 8.78 Å². The Labute approximate surface area is 93.3 Å². The first-order valence-corrected chi connectivity index (χ1v) is 5.22. The number of halogens is 2. The quantitative estimate of drug-likeness (QED) is 0.725. The standard InChI is InChI=1S/C13H13F2N/c1-9(2)12-10(14)5-6-11(13(12)15)16-7-3-4-8-16/h3-9H,1-2H3. The molecule has 0 fully saturated rings. The topological polar surface area (TPSA) is 4.93 Å². The Hall–Kier alpha value is -1.64. The van der Waals surface area contributed by atoms with Gasteiger partial charge >= 0.3 is 0 Å². The molecule has 0 amide bonds. The van der Waals surface area contributed by atoms with E-state index in [4.69, 9.17) is 0 Å². The lowest BCUT2D eigenvalue weighted by Crippen LogP contribution is -2.03. The highest BCUT2D eigenvalue weighted by atomic mass is 19.1. The molecule has 0 atom stereocenters. The largest absolute Gasteiger partial charge is 0.321 e. The van der Waals surface area contributed by atoms with Crippen molar-refractivity contribution in [3.63, 3.8) is 0 Å². The van der Waals surface area contributed by atoms with Gasteiger partial charge in [0.25, 0.3) is 0 Å². The average molecular weight is 221 g/mol. The smallest absolute Gasteiger partial charge is 0.153 e. The molecule has 1 aromatic carbocycles. The Morgan fingerprint density at radius 2 is 1.69 bits per heavy atom. The predicted octanol–water partition coefficient (Wildman–Crippen LogP) is 3.88. The Morgan fingerprint density at radius 3 is 2.25 bits per heavy atom. The van der Waals surface area contributed by atoms with Crippen LogP contribution in [0.4, 0.5) is 8.78 Å². The number of nitrogens with zero attached hydrogens (tertiary/aromatic N) is 1. The van der Waals surface area contributed by atoms with E-state index in [1.807, 2.05) is 0 Å².